The fourth-order valence-corrected chi connectivity index (χ4v) is 9.87. The highest BCUT2D eigenvalue weighted by Gasteiger charge is 2.51. The van der Waals surface area contributed by atoms with Crippen LogP contribution < -0.4 is 0 Å². The van der Waals surface area contributed by atoms with Gasteiger partial charge in [-0.3, -0.25) is 0 Å². The van der Waals surface area contributed by atoms with Crippen molar-refractivity contribution in [3.05, 3.63) is 145 Å². The molecule has 5 aromatic carbocycles. The molecular formula is C46H38N2O. The number of aromatic nitrogens is 2. The Hall–Kier alpha value is -5.28. The molecule has 4 aliphatic rings. The lowest BCUT2D eigenvalue weighted by Gasteiger charge is -2.57. The van der Waals surface area contributed by atoms with Gasteiger partial charge in [0.25, 0.3) is 0 Å². The molecule has 2 aromatic heterocycles. The SMILES string of the molecule is c1ccc(-c2cc(-c3ccc(-c4ccc(-c5cccc6ncoc56)cc4)cc3)cc(-c3ccc(C45CC6CC(CC(C6)C4)C5)cc3)n2)cc1. The van der Waals surface area contributed by atoms with Gasteiger partial charge in [-0.25, -0.2) is 9.97 Å². The predicted molar refractivity (Wildman–Crippen MR) is 199 cm³/mol. The average molecular weight is 635 g/mol. The molecule has 238 valence electrons. The van der Waals surface area contributed by atoms with Crippen LogP contribution in [0.1, 0.15) is 44.1 Å². The lowest BCUT2D eigenvalue weighted by atomic mass is 9.48. The molecule has 4 bridgehead atoms. The molecule has 3 nitrogen and oxygen atoms in total. The summed E-state index contributed by atoms with van der Waals surface area (Å²) in [7, 11) is 0. The molecule has 4 fully saturated rings. The number of pyridine rings is 1. The summed E-state index contributed by atoms with van der Waals surface area (Å²) in [6.07, 6.45) is 10.1. The van der Waals surface area contributed by atoms with E-state index in [9.17, 15) is 0 Å². The molecule has 0 saturated heterocycles. The van der Waals surface area contributed by atoms with Gasteiger partial charge in [-0.1, -0.05) is 115 Å². The maximum absolute atomic E-state index is 5.68. The zero-order valence-corrected chi connectivity index (χ0v) is 27.6. The molecule has 0 N–H and O–H groups in total. The largest absolute Gasteiger partial charge is 0.443 e. The third-order valence-corrected chi connectivity index (χ3v) is 11.8. The fraction of sp³-hybridized carbons (Fsp3) is 0.217. The van der Waals surface area contributed by atoms with Gasteiger partial charge in [-0.05, 0) is 113 Å². The first-order valence-corrected chi connectivity index (χ1v) is 17.9. The van der Waals surface area contributed by atoms with E-state index >= 15 is 0 Å². The molecule has 0 aliphatic heterocycles. The Morgan fingerprint density at radius 1 is 0.490 bits per heavy atom. The summed E-state index contributed by atoms with van der Waals surface area (Å²) < 4.78 is 5.68. The molecule has 7 aromatic rings. The first-order valence-electron chi connectivity index (χ1n) is 17.9. The van der Waals surface area contributed by atoms with Gasteiger partial charge in [-0.2, -0.15) is 0 Å². The monoisotopic (exact) mass is 634 g/mol. The van der Waals surface area contributed by atoms with Crippen molar-refractivity contribution in [2.75, 3.05) is 0 Å². The minimum Gasteiger partial charge on any atom is -0.443 e. The highest BCUT2D eigenvalue weighted by molar-refractivity contribution is 5.90. The second-order valence-electron chi connectivity index (χ2n) is 14.9. The molecular weight excluding hydrogens is 597 g/mol. The van der Waals surface area contributed by atoms with Crippen LogP contribution in [0.3, 0.4) is 0 Å². The molecule has 0 atom stereocenters. The van der Waals surface area contributed by atoms with Crippen LogP contribution in [-0.2, 0) is 5.41 Å². The molecule has 0 amide bonds. The van der Waals surface area contributed by atoms with E-state index in [-0.39, 0.29) is 0 Å². The van der Waals surface area contributed by atoms with Crippen molar-refractivity contribution in [2.24, 2.45) is 17.8 Å². The van der Waals surface area contributed by atoms with Crippen molar-refractivity contribution in [3.63, 3.8) is 0 Å². The van der Waals surface area contributed by atoms with Crippen LogP contribution in [-0.4, -0.2) is 9.97 Å². The summed E-state index contributed by atoms with van der Waals surface area (Å²) in [5.74, 6) is 2.84. The highest BCUT2D eigenvalue weighted by Crippen LogP contribution is 2.60. The molecule has 0 spiro atoms. The molecule has 49 heavy (non-hydrogen) atoms. The second kappa shape index (κ2) is 11.4. The third-order valence-electron chi connectivity index (χ3n) is 11.8. The second-order valence-corrected chi connectivity index (χ2v) is 14.9. The van der Waals surface area contributed by atoms with E-state index in [1.165, 1.54) is 72.7 Å². The average Bonchev–Trinajstić information content (AvgIpc) is 3.64. The van der Waals surface area contributed by atoms with Crippen molar-refractivity contribution in [1.82, 2.24) is 9.97 Å². The van der Waals surface area contributed by atoms with Crippen LogP contribution in [0.5, 0.6) is 0 Å². The zero-order chi connectivity index (χ0) is 32.4. The van der Waals surface area contributed by atoms with E-state index < -0.39 is 0 Å². The van der Waals surface area contributed by atoms with Crippen molar-refractivity contribution in [3.8, 4) is 55.9 Å². The van der Waals surface area contributed by atoms with Gasteiger partial charge in [0.05, 0.1) is 11.4 Å². The van der Waals surface area contributed by atoms with Gasteiger partial charge in [0.2, 0.25) is 0 Å². The Morgan fingerprint density at radius 3 is 1.63 bits per heavy atom. The van der Waals surface area contributed by atoms with Gasteiger partial charge in [0.15, 0.2) is 12.0 Å². The van der Waals surface area contributed by atoms with E-state index in [0.717, 1.165) is 56.9 Å². The van der Waals surface area contributed by atoms with E-state index in [2.05, 4.69) is 126 Å². The lowest BCUT2D eigenvalue weighted by Crippen LogP contribution is -2.48. The van der Waals surface area contributed by atoms with Gasteiger partial charge < -0.3 is 4.42 Å². The normalized spacial score (nSPS) is 22.5. The topological polar surface area (TPSA) is 38.9 Å². The lowest BCUT2D eigenvalue weighted by molar-refractivity contribution is -0.00518. The number of benzene rings is 5. The van der Waals surface area contributed by atoms with Gasteiger partial charge >= 0.3 is 0 Å². The van der Waals surface area contributed by atoms with E-state index in [4.69, 9.17) is 9.40 Å². The van der Waals surface area contributed by atoms with E-state index in [0.29, 0.717) is 5.41 Å². The van der Waals surface area contributed by atoms with Crippen molar-refractivity contribution in [2.45, 2.75) is 43.9 Å². The Bertz CT molecular complexity index is 2250. The number of nitrogens with zero attached hydrogens (tertiary/aromatic N) is 2. The number of fused-ring (bicyclic) bond motifs is 1. The van der Waals surface area contributed by atoms with Crippen LogP contribution in [0.2, 0.25) is 0 Å². The predicted octanol–water partition coefficient (Wildman–Crippen LogP) is 12.0. The number of hydrogen-bond donors (Lipinski definition) is 0. The van der Waals surface area contributed by atoms with Crippen molar-refractivity contribution < 1.29 is 4.42 Å². The molecule has 4 saturated carbocycles. The van der Waals surface area contributed by atoms with Crippen molar-refractivity contribution >= 4 is 11.1 Å². The number of para-hydroxylation sites is 1. The summed E-state index contributed by atoms with van der Waals surface area (Å²) in [5.41, 5.74) is 14.9. The fourth-order valence-electron chi connectivity index (χ4n) is 9.87. The van der Waals surface area contributed by atoms with Gasteiger partial charge in [0.1, 0.15) is 5.52 Å². The maximum Gasteiger partial charge on any atom is 0.182 e. The van der Waals surface area contributed by atoms with Gasteiger partial charge in [-0.15, -0.1) is 0 Å². The number of oxazole rings is 1. The van der Waals surface area contributed by atoms with Crippen LogP contribution in [0, 0.1) is 17.8 Å². The quantitative estimate of drug-likeness (QED) is 0.183. The highest BCUT2D eigenvalue weighted by atomic mass is 16.3. The third kappa shape index (κ3) is 5.11. The van der Waals surface area contributed by atoms with E-state index in [1.54, 1.807) is 5.56 Å². The Balaban J connectivity index is 0.963. The molecule has 0 radical (unpaired) electrons. The van der Waals surface area contributed by atoms with Crippen LogP contribution >= 0.6 is 0 Å². The first-order chi connectivity index (χ1) is 24.2. The number of hydrogen-bond acceptors (Lipinski definition) is 3. The molecule has 2 heterocycles. The first kappa shape index (κ1) is 28.7. The zero-order valence-electron chi connectivity index (χ0n) is 27.6. The summed E-state index contributed by atoms with van der Waals surface area (Å²) in [6.45, 7) is 0. The Labute approximate surface area is 287 Å². The maximum atomic E-state index is 5.68. The summed E-state index contributed by atoms with van der Waals surface area (Å²) in [4.78, 5) is 9.54. The summed E-state index contributed by atoms with van der Waals surface area (Å²) in [5, 5.41) is 0. The summed E-state index contributed by atoms with van der Waals surface area (Å²) >= 11 is 0. The Kier molecular flexibility index (Phi) is 6.69. The Morgan fingerprint density at radius 2 is 1.02 bits per heavy atom. The smallest absolute Gasteiger partial charge is 0.182 e. The molecule has 4 aliphatic carbocycles. The van der Waals surface area contributed by atoms with Crippen LogP contribution in [0.4, 0.5) is 0 Å². The van der Waals surface area contributed by atoms with Gasteiger partial charge in [0, 0.05) is 16.7 Å². The summed E-state index contributed by atoms with van der Waals surface area (Å²) in [6, 6.07) is 48.3. The minimum atomic E-state index is 0.407. The molecule has 11 rings (SSSR count). The minimum absolute atomic E-state index is 0.407. The standard InChI is InChI=1S/C46H38N2O/c1-2-5-37(6-3-1)43-24-39(25-44(48-43)38-17-19-40(20-18-38)46-26-30-21-31(27-46)23-32(22-30)28-46)35-11-9-33(10-12-35)34-13-15-36(16-14-34)41-7-4-8-42-45(41)49-29-47-42/h1-20,24-25,29-32H,21-23,26-28H2. The van der Waals surface area contributed by atoms with Crippen LogP contribution in [0.15, 0.2) is 144 Å². The molecule has 0 unspecified atom stereocenters. The van der Waals surface area contributed by atoms with Crippen molar-refractivity contribution in [1.29, 1.82) is 0 Å². The van der Waals surface area contributed by atoms with Crippen LogP contribution in [0.25, 0.3) is 67.0 Å². The van der Waals surface area contributed by atoms with E-state index in [1.807, 2.05) is 12.1 Å². The number of rotatable bonds is 6. The molecule has 3 heteroatoms.